The number of urea groups is 1. The molecule has 2 aromatic heterocycles. The summed E-state index contributed by atoms with van der Waals surface area (Å²) in [6, 6.07) is 12.8. The van der Waals surface area contributed by atoms with Crippen LogP contribution in [-0.4, -0.2) is 10.9 Å². The van der Waals surface area contributed by atoms with Gasteiger partial charge in [-0.2, -0.15) is 0 Å². The molecule has 0 spiro atoms. The number of halogens is 1. The average Bonchev–Trinajstić information content (AvgIpc) is 3.22. The molecular weight excluding hydrogens is 332 g/mol. The van der Waals surface area contributed by atoms with Gasteiger partial charge >= 0.3 is 6.03 Å². The number of carbonyl (C=O) groups excluding carboxylic acids is 1. The molecule has 3 rings (SSSR count). The van der Waals surface area contributed by atoms with E-state index in [1.54, 1.807) is 40.9 Å². The highest BCUT2D eigenvalue weighted by atomic mass is 35.5. The predicted octanol–water partition coefficient (Wildman–Crippen LogP) is 5.23. The summed E-state index contributed by atoms with van der Waals surface area (Å²) in [6.07, 6.45) is 3.24. The van der Waals surface area contributed by atoms with Gasteiger partial charge in [0.2, 0.25) is 0 Å². The van der Waals surface area contributed by atoms with E-state index in [4.69, 9.17) is 16.0 Å². The van der Waals surface area contributed by atoms with Gasteiger partial charge in [-0.15, -0.1) is 11.3 Å². The molecule has 0 atom stereocenters. The zero-order valence-corrected chi connectivity index (χ0v) is 13.8. The fourth-order valence-corrected chi connectivity index (χ4v) is 3.05. The fraction of sp³-hybridized carbons (Fsp3) is 0.118. The monoisotopic (exact) mass is 346 g/mol. The number of anilines is 1. The maximum atomic E-state index is 12.6. The zero-order valence-electron chi connectivity index (χ0n) is 12.2. The van der Waals surface area contributed by atoms with E-state index in [1.807, 2.05) is 35.7 Å². The van der Waals surface area contributed by atoms with E-state index in [2.05, 4.69) is 5.32 Å². The van der Waals surface area contributed by atoms with Gasteiger partial charge < -0.3 is 14.6 Å². The molecule has 3 aromatic rings. The minimum atomic E-state index is -0.201. The van der Waals surface area contributed by atoms with Crippen molar-refractivity contribution in [2.75, 3.05) is 5.32 Å². The van der Waals surface area contributed by atoms with Crippen molar-refractivity contribution in [3.8, 4) is 0 Å². The first-order chi connectivity index (χ1) is 11.2. The molecule has 2 amide bonds. The third kappa shape index (κ3) is 4.15. The Hall–Kier alpha value is -2.24. The first kappa shape index (κ1) is 15.6. The number of amides is 2. The van der Waals surface area contributed by atoms with Crippen LogP contribution in [0.25, 0.3) is 0 Å². The lowest BCUT2D eigenvalue weighted by Gasteiger charge is -2.22. The molecule has 0 radical (unpaired) electrons. The summed E-state index contributed by atoms with van der Waals surface area (Å²) >= 11 is 7.73. The number of hydrogen-bond acceptors (Lipinski definition) is 3. The maximum Gasteiger partial charge on any atom is 0.322 e. The van der Waals surface area contributed by atoms with E-state index >= 15 is 0 Å². The molecule has 0 unspecified atom stereocenters. The Bertz CT molecular complexity index is 721. The van der Waals surface area contributed by atoms with Crippen LogP contribution in [-0.2, 0) is 13.1 Å². The van der Waals surface area contributed by atoms with Crippen molar-refractivity contribution >= 4 is 34.7 Å². The zero-order chi connectivity index (χ0) is 16.1. The van der Waals surface area contributed by atoms with Gasteiger partial charge in [0.1, 0.15) is 0 Å². The Morgan fingerprint density at radius 1 is 1.17 bits per heavy atom. The van der Waals surface area contributed by atoms with Gasteiger partial charge in [0, 0.05) is 10.4 Å². The van der Waals surface area contributed by atoms with Crippen LogP contribution in [0.3, 0.4) is 0 Å². The van der Waals surface area contributed by atoms with Crippen molar-refractivity contribution in [2.24, 2.45) is 0 Å². The van der Waals surface area contributed by atoms with E-state index < -0.39 is 0 Å². The van der Waals surface area contributed by atoms with E-state index in [1.165, 1.54) is 0 Å². The highest BCUT2D eigenvalue weighted by molar-refractivity contribution is 7.09. The second-order valence-electron chi connectivity index (χ2n) is 4.98. The lowest BCUT2D eigenvalue weighted by molar-refractivity contribution is 0.207. The molecular formula is C17H15ClN2O2S. The maximum absolute atomic E-state index is 12.6. The van der Waals surface area contributed by atoms with E-state index in [0.717, 1.165) is 10.4 Å². The average molecular weight is 347 g/mol. The second-order valence-corrected chi connectivity index (χ2v) is 6.42. The number of benzene rings is 1. The van der Waals surface area contributed by atoms with Gasteiger partial charge in [0.15, 0.2) is 0 Å². The molecule has 0 fully saturated rings. The van der Waals surface area contributed by atoms with E-state index in [0.29, 0.717) is 23.8 Å². The summed E-state index contributed by atoms with van der Waals surface area (Å²) in [5, 5.41) is 5.38. The van der Waals surface area contributed by atoms with Crippen LogP contribution in [0.15, 0.2) is 64.8 Å². The number of thiophene rings is 1. The minimum Gasteiger partial charge on any atom is -0.472 e. The third-order valence-corrected chi connectivity index (χ3v) is 4.47. The van der Waals surface area contributed by atoms with Gasteiger partial charge in [0.05, 0.1) is 36.3 Å². The van der Waals surface area contributed by atoms with E-state index in [-0.39, 0.29) is 6.03 Å². The first-order valence-electron chi connectivity index (χ1n) is 7.06. The molecule has 0 aliphatic carbocycles. The number of nitrogens with one attached hydrogen (secondary N) is 1. The molecule has 0 saturated heterocycles. The lowest BCUT2D eigenvalue weighted by atomic mass is 10.3. The van der Waals surface area contributed by atoms with Gasteiger partial charge in [-0.3, -0.25) is 0 Å². The number of nitrogens with zero attached hydrogens (tertiary/aromatic N) is 1. The number of furan rings is 1. The summed E-state index contributed by atoms with van der Waals surface area (Å²) in [7, 11) is 0. The van der Waals surface area contributed by atoms with E-state index in [9.17, 15) is 4.79 Å². The summed E-state index contributed by atoms with van der Waals surface area (Å²) in [4.78, 5) is 15.5. The summed E-state index contributed by atoms with van der Waals surface area (Å²) in [5.41, 5.74) is 1.54. The van der Waals surface area contributed by atoms with Crippen molar-refractivity contribution in [2.45, 2.75) is 13.1 Å². The van der Waals surface area contributed by atoms with Crippen LogP contribution in [0.4, 0.5) is 10.5 Å². The number of hydrogen-bond donors (Lipinski definition) is 1. The van der Waals surface area contributed by atoms with Crippen LogP contribution in [0.2, 0.25) is 5.02 Å². The Kier molecular flexibility index (Phi) is 5.00. The molecule has 6 heteroatoms. The molecule has 1 aromatic carbocycles. The number of rotatable bonds is 5. The van der Waals surface area contributed by atoms with Crippen LogP contribution >= 0.6 is 22.9 Å². The molecule has 0 bridgehead atoms. The number of carbonyl (C=O) groups is 1. The summed E-state index contributed by atoms with van der Waals surface area (Å²) < 4.78 is 5.09. The Labute approximate surface area is 143 Å². The number of para-hydroxylation sites is 1. The van der Waals surface area contributed by atoms with Gasteiger partial charge in [-0.25, -0.2) is 4.79 Å². The van der Waals surface area contributed by atoms with Crippen molar-refractivity contribution in [1.82, 2.24) is 4.90 Å². The van der Waals surface area contributed by atoms with Crippen molar-refractivity contribution in [3.05, 3.63) is 75.8 Å². The molecule has 0 aliphatic heterocycles. The minimum absolute atomic E-state index is 0.201. The molecule has 0 saturated carbocycles. The lowest BCUT2D eigenvalue weighted by Crippen LogP contribution is -2.33. The van der Waals surface area contributed by atoms with Crippen molar-refractivity contribution < 1.29 is 9.21 Å². The third-order valence-electron chi connectivity index (χ3n) is 3.28. The topological polar surface area (TPSA) is 45.5 Å². The Balaban J connectivity index is 1.76. The van der Waals surface area contributed by atoms with Crippen LogP contribution in [0, 0.1) is 0 Å². The standard InChI is InChI=1S/C17H15ClN2O2S/c18-15-5-1-2-6-16(15)19-17(21)20(10-13-7-8-22-12-13)11-14-4-3-9-23-14/h1-9,12H,10-11H2,(H,19,21). The largest absolute Gasteiger partial charge is 0.472 e. The van der Waals surface area contributed by atoms with Crippen molar-refractivity contribution in [1.29, 1.82) is 0 Å². The Morgan fingerprint density at radius 2 is 2.04 bits per heavy atom. The smallest absolute Gasteiger partial charge is 0.322 e. The predicted molar refractivity (Wildman–Crippen MR) is 92.7 cm³/mol. The van der Waals surface area contributed by atoms with Crippen LogP contribution < -0.4 is 5.32 Å². The molecule has 1 N–H and O–H groups in total. The molecule has 0 aliphatic rings. The van der Waals surface area contributed by atoms with Crippen molar-refractivity contribution in [3.63, 3.8) is 0 Å². The van der Waals surface area contributed by atoms with Crippen LogP contribution in [0.1, 0.15) is 10.4 Å². The second kappa shape index (κ2) is 7.35. The van der Waals surface area contributed by atoms with Gasteiger partial charge in [-0.05, 0) is 29.6 Å². The highest BCUT2D eigenvalue weighted by Gasteiger charge is 2.17. The molecule has 2 heterocycles. The van der Waals surface area contributed by atoms with Gasteiger partial charge in [-0.1, -0.05) is 29.8 Å². The summed E-state index contributed by atoms with van der Waals surface area (Å²) in [6.45, 7) is 0.990. The molecule has 118 valence electrons. The molecule has 23 heavy (non-hydrogen) atoms. The van der Waals surface area contributed by atoms with Gasteiger partial charge in [0.25, 0.3) is 0 Å². The normalized spacial score (nSPS) is 10.5. The SMILES string of the molecule is O=C(Nc1ccccc1Cl)N(Cc1ccoc1)Cc1cccs1. The summed E-state index contributed by atoms with van der Waals surface area (Å²) in [5.74, 6) is 0. The highest BCUT2D eigenvalue weighted by Crippen LogP contribution is 2.22. The fourth-order valence-electron chi connectivity index (χ4n) is 2.15. The van der Waals surface area contributed by atoms with Crippen LogP contribution in [0.5, 0.6) is 0 Å². The molecule has 4 nitrogen and oxygen atoms in total. The first-order valence-corrected chi connectivity index (χ1v) is 8.32. The quantitative estimate of drug-likeness (QED) is 0.687. The Morgan fingerprint density at radius 3 is 2.74 bits per heavy atom.